The van der Waals surface area contributed by atoms with Gasteiger partial charge in [0, 0.05) is 30.9 Å². The van der Waals surface area contributed by atoms with E-state index in [1.807, 2.05) is 6.07 Å². The minimum absolute atomic E-state index is 0.00311. The van der Waals surface area contributed by atoms with E-state index in [1.165, 1.54) is 12.1 Å². The first-order valence-corrected chi connectivity index (χ1v) is 6.76. The largest absolute Gasteiger partial charge is 0.395 e. The third-order valence-corrected chi connectivity index (χ3v) is 3.49. The Morgan fingerprint density at radius 3 is 2.76 bits per heavy atom. The molecule has 0 amide bonds. The van der Waals surface area contributed by atoms with Crippen LogP contribution in [-0.2, 0) is 11.2 Å². The van der Waals surface area contributed by atoms with Gasteiger partial charge in [0.05, 0.1) is 36.7 Å². The van der Waals surface area contributed by atoms with Crippen LogP contribution in [0, 0.1) is 27.4 Å². The summed E-state index contributed by atoms with van der Waals surface area (Å²) in [4.78, 5) is 12.6. The highest BCUT2D eigenvalue weighted by Gasteiger charge is 2.20. The molecule has 1 aromatic carbocycles. The fraction of sp³-hybridized carbons (Fsp3) is 0.500. The fourth-order valence-corrected chi connectivity index (χ4v) is 2.38. The summed E-state index contributed by atoms with van der Waals surface area (Å²) in [7, 11) is 0. The van der Waals surface area contributed by atoms with Gasteiger partial charge in [-0.3, -0.25) is 10.1 Å². The molecule has 0 aromatic heterocycles. The average Bonchev–Trinajstić information content (AvgIpc) is 2.53. The number of ether oxygens (including phenoxy) is 1. The van der Waals surface area contributed by atoms with Crippen LogP contribution in [0.3, 0.4) is 0 Å². The quantitative estimate of drug-likeness (QED) is 0.644. The Bertz CT molecular complexity index is 550. The minimum Gasteiger partial charge on any atom is -0.395 e. The van der Waals surface area contributed by atoms with Crippen LogP contribution in [0.15, 0.2) is 18.2 Å². The van der Waals surface area contributed by atoms with E-state index in [0.29, 0.717) is 38.3 Å². The number of rotatable bonds is 5. The Labute approximate surface area is 122 Å². The Morgan fingerprint density at radius 1 is 1.48 bits per heavy atom. The lowest BCUT2D eigenvalue weighted by Gasteiger charge is -2.30. The molecule has 0 bridgehead atoms. The van der Waals surface area contributed by atoms with Crippen LogP contribution in [0.4, 0.5) is 11.4 Å². The Balaban J connectivity index is 2.33. The van der Waals surface area contributed by atoms with Crippen molar-refractivity contribution in [1.82, 2.24) is 0 Å². The van der Waals surface area contributed by atoms with Crippen LogP contribution in [0.2, 0.25) is 0 Å². The molecule has 1 unspecified atom stereocenters. The van der Waals surface area contributed by atoms with Crippen molar-refractivity contribution in [2.45, 2.75) is 6.42 Å². The molecule has 0 saturated carbocycles. The van der Waals surface area contributed by atoms with Crippen LogP contribution < -0.4 is 4.90 Å². The van der Waals surface area contributed by atoms with E-state index in [4.69, 9.17) is 10.00 Å². The number of non-ortho nitro benzene ring substituents is 1. The molecule has 1 aliphatic heterocycles. The highest BCUT2D eigenvalue weighted by atomic mass is 16.6. The molecular formula is C14H17N3O4. The van der Waals surface area contributed by atoms with Gasteiger partial charge in [0.15, 0.2) is 0 Å². The first-order valence-electron chi connectivity index (χ1n) is 6.76. The lowest BCUT2D eigenvalue weighted by molar-refractivity contribution is -0.384. The van der Waals surface area contributed by atoms with Crippen molar-refractivity contribution < 1.29 is 14.8 Å². The van der Waals surface area contributed by atoms with E-state index < -0.39 is 10.8 Å². The van der Waals surface area contributed by atoms with E-state index >= 15 is 0 Å². The van der Waals surface area contributed by atoms with Crippen LogP contribution in [0.1, 0.15) is 5.56 Å². The van der Waals surface area contributed by atoms with E-state index in [0.717, 1.165) is 5.69 Å². The van der Waals surface area contributed by atoms with Gasteiger partial charge in [0.25, 0.3) is 5.69 Å². The number of aliphatic hydroxyl groups excluding tert-OH is 1. The third kappa shape index (κ3) is 3.68. The molecule has 1 saturated heterocycles. The maximum atomic E-state index is 10.9. The number of hydrogen-bond acceptors (Lipinski definition) is 6. The molecule has 1 aliphatic rings. The van der Waals surface area contributed by atoms with Crippen LogP contribution in [0.5, 0.6) is 0 Å². The number of anilines is 1. The SMILES string of the molecule is N#CC(CO)Cc1cc([N+](=O)[O-])ccc1N1CCOCC1. The van der Waals surface area contributed by atoms with Crippen LogP contribution in [0.25, 0.3) is 0 Å². The summed E-state index contributed by atoms with van der Waals surface area (Å²) in [5, 5.41) is 29.1. The van der Waals surface area contributed by atoms with Gasteiger partial charge in [-0.15, -0.1) is 0 Å². The number of nitro benzene ring substituents is 1. The Morgan fingerprint density at radius 2 is 2.19 bits per heavy atom. The highest BCUT2D eigenvalue weighted by Crippen LogP contribution is 2.28. The van der Waals surface area contributed by atoms with Gasteiger partial charge in [0.2, 0.25) is 0 Å². The van der Waals surface area contributed by atoms with E-state index in [2.05, 4.69) is 4.90 Å². The molecule has 0 aliphatic carbocycles. The number of nitrogens with zero attached hydrogens (tertiary/aromatic N) is 3. The monoisotopic (exact) mass is 291 g/mol. The van der Waals surface area contributed by atoms with E-state index in [9.17, 15) is 15.2 Å². The third-order valence-electron chi connectivity index (χ3n) is 3.49. The number of morpholine rings is 1. The summed E-state index contributed by atoms with van der Waals surface area (Å²) in [6.07, 6.45) is 0.293. The number of benzene rings is 1. The zero-order chi connectivity index (χ0) is 15.2. The molecule has 1 N–H and O–H groups in total. The Kier molecular flexibility index (Phi) is 5.09. The summed E-state index contributed by atoms with van der Waals surface area (Å²) < 4.78 is 5.30. The van der Waals surface area contributed by atoms with Crippen molar-refractivity contribution in [2.75, 3.05) is 37.8 Å². The van der Waals surface area contributed by atoms with Crippen LogP contribution in [-0.4, -0.2) is 42.9 Å². The van der Waals surface area contributed by atoms with Gasteiger partial charge >= 0.3 is 0 Å². The van der Waals surface area contributed by atoms with E-state index in [-0.39, 0.29) is 12.3 Å². The van der Waals surface area contributed by atoms with Crippen molar-refractivity contribution in [1.29, 1.82) is 5.26 Å². The van der Waals surface area contributed by atoms with Crippen molar-refractivity contribution >= 4 is 11.4 Å². The van der Waals surface area contributed by atoms with Gasteiger partial charge in [-0.05, 0) is 18.1 Å². The average molecular weight is 291 g/mol. The van der Waals surface area contributed by atoms with Crippen molar-refractivity contribution in [3.05, 3.63) is 33.9 Å². The minimum atomic E-state index is -0.563. The summed E-state index contributed by atoms with van der Waals surface area (Å²) in [5.41, 5.74) is 1.58. The molecular weight excluding hydrogens is 274 g/mol. The number of aliphatic hydroxyl groups is 1. The summed E-state index contributed by atoms with van der Waals surface area (Å²) in [5.74, 6) is -0.563. The molecule has 112 valence electrons. The van der Waals surface area contributed by atoms with Crippen molar-refractivity contribution in [3.63, 3.8) is 0 Å². The molecule has 2 rings (SSSR count). The number of nitriles is 1. The standard InChI is InChI=1S/C14H17N3O4/c15-9-11(10-18)7-12-8-13(17(19)20)1-2-14(12)16-3-5-21-6-4-16/h1-2,8,11,18H,3-7,10H2. The Hall–Kier alpha value is -2.17. The fourth-order valence-electron chi connectivity index (χ4n) is 2.38. The topological polar surface area (TPSA) is 99.6 Å². The zero-order valence-corrected chi connectivity index (χ0v) is 11.6. The van der Waals surface area contributed by atoms with Crippen LogP contribution >= 0.6 is 0 Å². The first kappa shape index (κ1) is 15.2. The molecule has 1 aromatic rings. The summed E-state index contributed by atoms with van der Waals surface area (Å²) >= 11 is 0. The first-order chi connectivity index (χ1) is 10.2. The lowest BCUT2D eigenvalue weighted by atomic mass is 9.98. The highest BCUT2D eigenvalue weighted by molar-refractivity contribution is 5.58. The maximum Gasteiger partial charge on any atom is 0.269 e. The molecule has 7 nitrogen and oxygen atoms in total. The normalized spacial score (nSPS) is 16.3. The summed E-state index contributed by atoms with van der Waals surface area (Å²) in [6.45, 7) is 2.38. The number of hydrogen-bond donors (Lipinski definition) is 1. The molecule has 0 spiro atoms. The van der Waals surface area contributed by atoms with Crippen molar-refractivity contribution in [2.24, 2.45) is 5.92 Å². The van der Waals surface area contributed by atoms with Crippen molar-refractivity contribution in [3.8, 4) is 6.07 Å². The van der Waals surface area contributed by atoms with Gasteiger partial charge < -0.3 is 14.7 Å². The lowest BCUT2D eigenvalue weighted by Crippen LogP contribution is -2.37. The molecule has 1 heterocycles. The predicted octanol–water partition coefficient (Wildman–Crippen LogP) is 1.11. The second-order valence-corrected chi connectivity index (χ2v) is 4.88. The van der Waals surface area contributed by atoms with Gasteiger partial charge in [0.1, 0.15) is 0 Å². The molecule has 0 radical (unpaired) electrons. The molecule has 7 heteroatoms. The van der Waals surface area contributed by atoms with Gasteiger partial charge in [-0.25, -0.2) is 0 Å². The second-order valence-electron chi connectivity index (χ2n) is 4.88. The zero-order valence-electron chi connectivity index (χ0n) is 11.6. The second kappa shape index (κ2) is 7.02. The number of nitro groups is 1. The summed E-state index contributed by atoms with van der Waals surface area (Å²) in [6, 6.07) is 6.69. The molecule has 21 heavy (non-hydrogen) atoms. The predicted molar refractivity (Wildman–Crippen MR) is 76.0 cm³/mol. The van der Waals surface area contributed by atoms with Gasteiger partial charge in [-0.2, -0.15) is 5.26 Å². The maximum absolute atomic E-state index is 10.9. The smallest absolute Gasteiger partial charge is 0.269 e. The van der Waals surface area contributed by atoms with Gasteiger partial charge in [-0.1, -0.05) is 0 Å². The molecule has 1 atom stereocenters. The van der Waals surface area contributed by atoms with E-state index in [1.54, 1.807) is 6.07 Å². The molecule has 1 fully saturated rings.